The van der Waals surface area contributed by atoms with Crippen LogP contribution in [0.2, 0.25) is 0 Å². The van der Waals surface area contributed by atoms with Crippen LogP contribution in [-0.2, 0) is 0 Å². The standard InChI is InChI=1S/C6H13NO2.CH4/c8-4-5-1-2-6(9)3-7-5;/h5-9H,1-4H2;1H4. The van der Waals surface area contributed by atoms with Crippen molar-refractivity contribution in [3.05, 3.63) is 0 Å². The van der Waals surface area contributed by atoms with Crippen molar-refractivity contribution in [1.82, 2.24) is 5.32 Å². The largest absolute Gasteiger partial charge is 0.395 e. The van der Waals surface area contributed by atoms with Crippen molar-refractivity contribution < 1.29 is 10.2 Å². The quantitative estimate of drug-likeness (QED) is 0.478. The van der Waals surface area contributed by atoms with Gasteiger partial charge in [-0.15, -0.1) is 0 Å². The van der Waals surface area contributed by atoms with E-state index < -0.39 is 0 Å². The van der Waals surface area contributed by atoms with Crippen LogP contribution in [0.5, 0.6) is 0 Å². The molecular formula is C7H17NO2. The molecule has 0 aromatic heterocycles. The van der Waals surface area contributed by atoms with Crippen LogP contribution in [0.15, 0.2) is 0 Å². The number of piperidine rings is 1. The molecule has 0 aromatic rings. The summed E-state index contributed by atoms with van der Waals surface area (Å²) in [5.74, 6) is 0. The minimum Gasteiger partial charge on any atom is -0.395 e. The van der Waals surface area contributed by atoms with E-state index in [0.717, 1.165) is 12.8 Å². The molecule has 1 fully saturated rings. The highest BCUT2D eigenvalue weighted by Gasteiger charge is 2.16. The van der Waals surface area contributed by atoms with E-state index >= 15 is 0 Å². The number of hydrogen-bond acceptors (Lipinski definition) is 3. The number of β-amino-alcohol motifs (C(OH)–C–C–N with tert-alkyl or cyclic N) is 1. The number of nitrogens with one attached hydrogen (secondary N) is 1. The molecule has 1 rings (SSSR count). The molecule has 10 heavy (non-hydrogen) atoms. The van der Waals surface area contributed by atoms with Crippen molar-refractivity contribution >= 4 is 0 Å². The maximum atomic E-state index is 8.98. The average molecular weight is 147 g/mol. The Morgan fingerprint density at radius 1 is 1.40 bits per heavy atom. The Hall–Kier alpha value is -0.120. The Balaban J connectivity index is 0.000000810. The lowest BCUT2D eigenvalue weighted by atomic mass is 10.0. The third-order valence-electron chi connectivity index (χ3n) is 1.71. The van der Waals surface area contributed by atoms with Crippen molar-refractivity contribution in [3.63, 3.8) is 0 Å². The lowest BCUT2D eigenvalue weighted by Gasteiger charge is -2.25. The molecule has 0 saturated carbocycles. The predicted molar refractivity (Wildman–Crippen MR) is 40.8 cm³/mol. The van der Waals surface area contributed by atoms with Crippen LogP contribution < -0.4 is 5.32 Å². The van der Waals surface area contributed by atoms with Crippen molar-refractivity contribution in [2.75, 3.05) is 13.2 Å². The molecule has 2 atom stereocenters. The van der Waals surface area contributed by atoms with Gasteiger partial charge in [-0.2, -0.15) is 0 Å². The van der Waals surface area contributed by atoms with Gasteiger partial charge in [0, 0.05) is 12.6 Å². The Morgan fingerprint density at radius 2 is 2.10 bits per heavy atom. The summed E-state index contributed by atoms with van der Waals surface area (Å²) in [5.41, 5.74) is 0. The van der Waals surface area contributed by atoms with Gasteiger partial charge >= 0.3 is 0 Å². The Morgan fingerprint density at radius 3 is 2.50 bits per heavy atom. The summed E-state index contributed by atoms with van der Waals surface area (Å²) >= 11 is 0. The summed E-state index contributed by atoms with van der Waals surface area (Å²) in [6.07, 6.45) is 1.50. The van der Waals surface area contributed by atoms with Gasteiger partial charge in [-0.05, 0) is 12.8 Å². The maximum absolute atomic E-state index is 8.98. The molecule has 0 bridgehead atoms. The van der Waals surface area contributed by atoms with E-state index in [9.17, 15) is 0 Å². The summed E-state index contributed by atoms with van der Waals surface area (Å²) in [6.45, 7) is 0.817. The molecule has 3 heteroatoms. The number of aliphatic hydroxyl groups excluding tert-OH is 2. The minimum absolute atomic E-state index is 0. The normalized spacial score (nSPS) is 33.0. The SMILES string of the molecule is C.OCC1CCC(O)CN1. The first kappa shape index (κ1) is 9.88. The van der Waals surface area contributed by atoms with E-state index in [-0.39, 0.29) is 26.2 Å². The van der Waals surface area contributed by atoms with Crippen LogP contribution in [0.4, 0.5) is 0 Å². The van der Waals surface area contributed by atoms with Gasteiger partial charge in [0.2, 0.25) is 0 Å². The van der Waals surface area contributed by atoms with E-state index in [2.05, 4.69) is 5.32 Å². The van der Waals surface area contributed by atoms with Gasteiger partial charge in [0.05, 0.1) is 12.7 Å². The molecule has 0 amide bonds. The van der Waals surface area contributed by atoms with E-state index in [1.807, 2.05) is 0 Å². The molecule has 3 N–H and O–H groups in total. The first-order valence-electron chi connectivity index (χ1n) is 3.35. The number of aliphatic hydroxyl groups is 2. The first-order valence-corrected chi connectivity index (χ1v) is 3.35. The van der Waals surface area contributed by atoms with E-state index in [4.69, 9.17) is 10.2 Å². The van der Waals surface area contributed by atoms with Gasteiger partial charge in [-0.3, -0.25) is 0 Å². The Labute approximate surface area is 62.1 Å². The molecule has 1 heterocycles. The van der Waals surface area contributed by atoms with E-state index in [1.165, 1.54) is 0 Å². The van der Waals surface area contributed by atoms with Crippen LogP contribution in [0.3, 0.4) is 0 Å². The fourth-order valence-electron chi connectivity index (χ4n) is 1.06. The fraction of sp³-hybridized carbons (Fsp3) is 1.00. The molecule has 1 aliphatic rings. The third-order valence-corrected chi connectivity index (χ3v) is 1.71. The topological polar surface area (TPSA) is 52.5 Å². The van der Waals surface area contributed by atoms with Gasteiger partial charge in [0.25, 0.3) is 0 Å². The van der Waals surface area contributed by atoms with Crippen molar-refractivity contribution in [3.8, 4) is 0 Å². The van der Waals surface area contributed by atoms with Crippen LogP contribution in [-0.4, -0.2) is 35.5 Å². The average Bonchev–Trinajstić information content (AvgIpc) is 1.90. The first-order chi connectivity index (χ1) is 4.33. The predicted octanol–water partition coefficient (Wildman–Crippen LogP) is -0.272. The molecule has 0 spiro atoms. The van der Waals surface area contributed by atoms with Crippen LogP contribution in [0.1, 0.15) is 20.3 Å². The van der Waals surface area contributed by atoms with Gasteiger partial charge in [-0.1, -0.05) is 7.43 Å². The molecular weight excluding hydrogens is 130 g/mol. The molecule has 0 radical (unpaired) electrons. The summed E-state index contributed by atoms with van der Waals surface area (Å²) in [6, 6.07) is 0.216. The smallest absolute Gasteiger partial charge is 0.0665 e. The minimum atomic E-state index is -0.201. The molecule has 3 nitrogen and oxygen atoms in total. The lowest BCUT2D eigenvalue weighted by molar-refractivity contribution is 0.108. The molecule has 0 aliphatic carbocycles. The Kier molecular flexibility index (Phi) is 4.60. The molecule has 1 aliphatic heterocycles. The van der Waals surface area contributed by atoms with Crippen molar-refractivity contribution in [2.45, 2.75) is 32.4 Å². The van der Waals surface area contributed by atoms with Crippen molar-refractivity contribution in [2.24, 2.45) is 0 Å². The van der Waals surface area contributed by atoms with Crippen molar-refractivity contribution in [1.29, 1.82) is 0 Å². The number of hydrogen-bond donors (Lipinski definition) is 3. The van der Waals surface area contributed by atoms with E-state index in [1.54, 1.807) is 0 Å². The van der Waals surface area contributed by atoms with Gasteiger partial charge < -0.3 is 15.5 Å². The third kappa shape index (κ3) is 2.64. The molecule has 1 saturated heterocycles. The zero-order chi connectivity index (χ0) is 6.69. The second-order valence-electron chi connectivity index (χ2n) is 2.52. The van der Waals surface area contributed by atoms with Crippen LogP contribution >= 0.6 is 0 Å². The fourth-order valence-corrected chi connectivity index (χ4v) is 1.06. The number of rotatable bonds is 1. The summed E-state index contributed by atoms with van der Waals surface area (Å²) in [5, 5.41) is 20.6. The highest BCUT2D eigenvalue weighted by molar-refractivity contribution is 4.75. The Bertz CT molecular complexity index is 79.7. The lowest BCUT2D eigenvalue weighted by Crippen LogP contribution is -2.43. The molecule has 2 unspecified atom stereocenters. The zero-order valence-corrected chi connectivity index (χ0v) is 5.38. The van der Waals surface area contributed by atoms with Gasteiger partial charge in [-0.25, -0.2) is 0 Å². The van der Waals surface area contributed by atoms with Gasteiger partial charge in [0.15, 0.2) is 0 Å². The highest BCUT2D eigenvalue weighted by atomic mass is 16.3. The van der Waals surface area contributed by atoms with Gasteiger partial charge in [0.1, 0.15) is 0 Å². The zero-order valence-electron chi connectivity index (χ0n) is 5.38. The summed E-state index contributed by atoms with van der Waals surface area (Å²) in [7, 11) is 0. The van der Waals surface area contributed by atoms with E-state index in [0.29, 0.717) is 6.54 Å². The summed E-state index contributed by atoms with van der Waals surface area (Å²) < 4.78 is 0. The highest BCUT2D eigenvalue weighted by Crippen LogP contribution is 2.06. The molecule has 62 valence electrons. The second kappa shape index (κ2) is 4.66. The maximum Gasteiger partial charge on any atom is 0.0665 e. The van der Waals surface area contributed by atoms with Crippen LogP contribution in [0, 0.1) is 0 Å². The monoisotopic (exact) mass is 147 g/mol. The van der Waals surface area contributed by atoms with Crippen LogP contribution in [0.25, 0.3) is 0 Å². The second-order valence-corrected chi connectivity index (χ2v) is 2.52. The molecule has 0 aromatic carbocycles. The summed E-state index contributed by atoms with van der Waals surface area (Å²) in [4.78, 5) is 0.